The summed E-state index contributed by atoms with van der Waals surface area (Å²) in [5.41, 5.74) is 1.75. The van der Waals surface area contributed by atoms with Gasteiger partial charge in [0.25, 0.3) is 5.69 Å². The quantitative estimate of drug-likeness (QED) is 0.639. The molecule has 0 radical (unpaired) electrons. The van der Waals surface area contributed by atoms with E-state index in [1.165, 1.54) is 12.1 Å². The number of nitro groups is 1. The molecule has 1 heterocycles. The lowest BCUT2D eigenvalue weighted by molar-refractivity contribution is -0.384. The Balaban J connectivity index is 2.10. The molecular weight excluding hydrogens is 260 g/mol. The first-order chi connectivity index (χ1) is 9.60. The molecule has 6 nitrogen and oxygen atoms in total. The maximum absolute atomic E-state index is 10.5. The van der Waals surface area contributed by atoms with Crippen LogP contribution in [0.4, 0.5) is 5.69 Å². The summed E-state index contributed by atoms with van der Waals surface area (Å²) in [4.78, 5) is 14.2. The van der Waals surface area contributed by atoms with Crippen molar-refractivity contribution in [3.63, 3.8) is 0 Å². The summed E-state index contributed by atoms with van der Waals surface area (Å²) in [5.74, 6) is 0. The molecule has 0 saturated heterocycles. The smallest absolute Gasteiger partial charge is 0.269 e. The minimum Gasteiger partial charge on any atom is -0.390 e. The monoisotopic (exact) mass is 274 g/mol. The largest absolute Gasteiger partial charge is 0.390 e. The molecule has 104 valence electrons. The van der Waals surface area contributed by atoms with Gasteiger partial charge in [0.15, 0.2) is 0 Å². The van der Waals surface area contributed by atoms with Crippen LogP contribution in [-0.2, 0) is 13.0 Å². The lowest BCUT2D eigenvalue weighted by Crippen LogP contribution is -2.05. The van der Waals surface area contributed by atoms with Crippen molar-refractivity contribution in [2.24, 2.45) is 0 Å². The Kier molecular flexibility index (Phi) is 4.39. The summed E-state index contributed by atoms with van der Waals surface area (Å²) >= 11 is 0. The molecule has 6 heteroatoms. The predicted molar refractivity (Wildman–Crippen MR) is 71.9 cm³/mol. The van der Waals surface area contributed by atoms with Crippen molar-refractivity contribution in [3.05, 3.63) is 69.5 Å². The van der Waals surface area contributed by atoms with E-state index in [4.69, 9.17) is 5.11 Å². The molecule has 2 N–H and O–H groups in total. The van der Waals surface area contributed by atoms with Crippen LogP contribution in [0.25, 0.3) is 0 Å². The molecule has 0 aliphatic heterocycles. The zero-order valence-electron chi connectivity index (χ0n) is 10.6. The number of benzene rings is 1. The van der Waals surface area contributed by atoms with Gasteiger partial charge >= 0.3 is 0 Å². The Morgan fingerprint density at radius 2 is 1.90 bits per heavy atom. The van der Waals surface area contributed by atoms with Gasteiger partial charge in [0.05, 0.1) is 29.0 Å². The van der Waals surface area contributed by atoms with E-state index in [0.29, 0.717) is 17.8 Å². The van der Waals surface area contributed by atoms with Gasteiger partial charge in [0.1, 0.15) is 0 Å². The summed E-state index contributed by atoms with van der Waals surface area (Å²) in [7, 11) is 0. The Morgan fingerprint density at radius 1 is 1.20 bits per heavy atom. The number of pyridine rings is 1. The van der Waals surface area contributed by atoms with Crippen LogP contribution in [0.1, 0.15) is 23.1 Å². The zero-order valence-corrected chi connectivity index (χ0v) is 10.6. The molecular formula is C14H14N2O4. The Labute approximate surface area is 115 Å². The molecule has 0 aliphatic carbocycles. The summed E-state index contributed by atoms with van der Waals surface area (Å²) in [6, 6.07) is 11.1. The molecule has 0 aliphatic rings. The molecule has 0 spiro atoms. The van der Waals surface area contributed by atoms with E-state index in [-0.39, 0.29) is 12.3 Å². The topological polar surface area (TPSA) is 96.5 Å². The third kappa shape index (κ3) is 3.37. The first-order valence-electron chi connectivity index (χ1n) is 6.08. The zero-order chi connectivity index (χ0) is 14.5. The highest BCUT2D eigenvalue weighted by Crippen LogP contribution is 2.19. The fraction of sp³-hybridized carbons (Fsp3) is 0.214. The number of hydrogen-bond donors (Lipinski definition) is 2. The predicted octanol–water partition coefficient (Wildman–Crippen LogP) is 1.76. The van der Waals surface area contributed by atoms with Crippen LogP contribution in [-0.4, -0.2) is 20.1 Å². The van der Waals surface area contributed by atoms with Crippen LogP contribution < -0.4 is 0 Å². The number of nitrogens with zero attached hydrogens (tertiary/aromatic N) is 2. The molecule has 0 saturated carbocycles. The first kappa shape index (κ1) is 14.1. The Hall–Kier alpha value is -2.31. The highest BCUT2D eigenvalue weighted by Gasteiger charge is 2.12. The van der Waals surface area contributed by atoms with E-state index in [1.54, 1.807) is 30.3 Å². The third-order valence-corrected chi connectivity index (χ3v) is 2.91. The lowest BCUT2D eigenvalue weighted by Gasteiger charge is -2.11. The molecule has 20 heavy (non-hydrogen) atoms. The molecule has 1 aromatic heterocycles. The van der Waals surface area contributed by atoms with Crippen LogP contribution in [0.5, 0.6) is 0 Å². The SMILES string of the molecule is O=[N+]([O-])c1ccc(CC(O)c2cccc(CO)n2)cc1. The summed E-state index contributed by atoms with van der Waals surface area (Å²) in [5, 5.41) is 29.7. The van der Waals surface area contributed by atoms with E-state index in [0.717, 1.165) is 5.56 Å². The van der Waals surface area contributed by atoms with Gasteiger partial charge in [-0.2, -0.15) is 0 Å². The van der Waals surface area contributed by atoms with Gasteiger partial charge in [-0.3, -0.25) is 15.1 Å². The average molecular weight is 274 g/mol. The van der Waals surface area contributed by atoms with E-state index in [1.807, 2.05) is 0 Å². The minimum atomic E-state index is -0.817. The van der Waals surface area contributed by atoms with Crippen molar-refractivity contribution in [3.8, 4) is 0 Å². The highest BCUT2D eigenvalue weighted by molar-refractivity contribution is 5.33. The van der Waals surface area contributed by atoms with Crippen molar-refractivity contribution < 1.29 is 15.1 Å². The van der Waals surface area contributed by atoms with Crippen molar-refractivity contribution in [1.82, 2.24) is 4.98 Å². The van der Waals surface area contributed by atoms with Crippen molar-refractivity contribution in [2.75, 3.05) is 0 Å². The maximum atomic E-state index is 10.5. The molecule has 0 fully saturated rings. The first-order valence-corrected chi connectivity index (χ1v) is 6.08. The summed E-state index contributed by atoms with van der Waals surface area (Å²) in [6.07, 6.45) is -0.511. The summed E-state index contributed by atoms with van der Waals surface area (Å²) in [6.45, 7) is -0.182. The molecule has 0 bridgehead atoms. The van der Waals surface area contributed by atoms with Crippen LogP contribution in [0.2, 0.25) is 0 Å². The van der Waals surface area contributed by atoms with E-state index >= 15 is 0 Å². The second-order valence-electron chi connectivity index (χ2n) is 4.36. The molecule has 2 rings (SSSR count). The van der Waals surface area contributed by atoms with Crippen LogP contribution in [0, 0.1) is 10.1 Å². The molecule has 1 atom stereocenters. The number of aromatic nitrogens is 1. The Morgan fingerprint density at radius 3 is 2.50 bits per heavy atom. The third-order valence-electron chi connectivity index (χ3n) is 2.91. The van der Waals surface area contributed by atoms with Gasteiger partial charge in [-0.1, -0.05) is 18.2 Å². The molecule has 1 unspecified atom stereocenters. The highest BCUT2D eigenvalue weighted by atomic mass is 16.6. The van der Waals surface area contributed by atoms with Gasteiger partial charge < -0.3 is 10.2 Å². The van der Waals surface area contributed by atoms with Crippen LogP contribution in [0.15, 0.2) is 42.5 Å². The van der Waals surface area contributed by atoms with Crippen LogP contribution in [0.3, 0.4) is 0 Å². The van der Waals surface area contributed by atoms with Gasteiger partial charge in [-0.25, -0.2) is 0 Å². The van der Waals surface area contributed by atoms with Crippen molar-refractivity contribution in [2.45, 2.75) is 19.1 Å². The van der Waals surface area contributed by atoms with Crippen LogP contribution >= 0.6 is 0 Å². The fourth-order valence-electron chi connectivity index (χ4n) is 1.85. The minimum absolute atomic E-state index is 0.0173. The molecule has 1 aromatic carbocycles. The second kappa shape index (κ2) is 6.23. The molecule has 0 amide bonds. The van der Waals surface area contributed by atoms with Gasteiger partial charge in [0, 0.05) is 18.6 Å². The van der Waals surface area contributed by atoms with Gasteiger partial charge in [-0.15, -0.1) is 0 Å². The number of hydrogen-bond acceptors (Lipinski definition) is 5. The number of aliphatic hydroxyl groups excluding tert-OH is 2. The summed E-state index contributed by atoms with van der Waals surface area (Å²) < 4.78 is 0. The second-order valence-corrected chi connectivity index (χ2v) is 4.36. The number of nitro benzene ring substituents is 1. The number of non-ortho nitro benzene ring substituents is 1. The molecule has 2 aromatic rings. The average Bonchev–Trinajstić information content (AvgIpc) is 2.47. The van der Waals surface area contributed by atoms with E-state index in [2.05, 4.69) is 4.98 Å². The van der Waals surface area contributed by atoms with E-state index < -0.39 is 11.0 Å². The van der Waals surface area contributed by atoms with Gasteiger partial charge in [0.2, 0.25) is 0 Å². The van der Waals surface area contributed by atoms with E-state index in [9.17, 15) is 15.2 Å². The number of rotatable bonds is 5. The normalized spacial score (nSPS) is 12.1. The van der Waals surface area contributed by atoms with Crippen molar-refractivity contribution in [1.29, 1.82) is 0 Å². The maximum Gasteiger partial charge on any atom is 0.269 e. The fourth-order valence-corrected chi connectivity index (χ4v) is 1.85. The number of aliphatic hydroxyl groups is 2. The van der Waals surface area contributed by atoms with Crippen molar-refractivity contribution >= 4 is 5.69 Å². The standard InChI is InChI=1S/C14H14N2O4/c17-9-11-2-1-3-13(15-11)14(18)8-10-4-6-12(7-5-10)16(19)20/h1-7,14,17-18H,8-9H2. The van der Waals surface area contributed by atoms with Gasteiger partial charge in [-0.05, 0) is 17.7 Å². The Bertz CT molecular complexity index is 598. The lowest BCUT2D eigenvalue weighted by atomic mass is 10.0.